The molecule has 1 aliphatic carbocycles. The van der Waals surface area contributed by atoms with Crippen molar-refractivity contribution >= 4 is 69.6 Å². The number of nitrogens with zero attached hydrogens (tertiary/aromatic N) is 3. The van der Waals surface area contributed by atoms with Gasteiger partial charge in [-0.05, 0) is 53.3 Å². The minimum Gasteiger partial charge on any atom is -0.532 e. The normalized spacial score (nSPS) is 16.6. The first kappa shape index (κ1) is 34.6. The largest absolute Gasteiger partial charge is 0.532 e. The van der Waals surface area contributed by atoms with Crippen LogP contribution in [0.2, 0.25) is 15.1 Å². The molecular weight excluding hydrogens is 652 g/mol. The summed E-state index contributed by atoms with van der Waals surface area (Å²) in [6.07, 6.45) is -0.164. The Bertz CT molecular complexity index is 1440. The second kappa shape index (κ2) is 15.2. The number of nitrogens with one attached hydrogen (secondary N) is 1. The highest BCUT2D eigenvalue weighted by Gasteiger charge is 2.36. The van der Waals surface area contributed by atoms with Crippen molar-refractivity contribution in [2.24, 2.45) is 7.05 Å². The molecule has 3 aromatic rings. The highest BCUT2D eigenvalue weighted by Crippen LogP contribution is 2.52. The summed E-state index contributed by atoms with van der Waals surface area (Å²) in [7, 11) is 3.01. The lowest BCUT2D eigenvalue weighted by molar-refractivity contribution is 0.101. The summed E-state index contributed by atoms with van der Waals surface area (Å²) in [5.74, 6) is -0.648. The quantitative estimate of drug-likeness (QED) is 0.241. The number of hydroxylamine groups is 1. The van der Waals surface area contributed by atoms with E-state index in [1.165, 1.54) is 25.0 Å². The Morgan fingerprint density at radius 1 is 1.19 bits per heavy atom. The number of carbonyl (C=O) groups is 1. The van der Waals surface area contributed by atoms with Gasteiger partial charge in [0.25, 0.3) is 12.3 Å². The van der Waals surface area contributed by atoms with Gasteiger partial charge in [-0.2, -0.15) is 5.10 Å². The fourth-order valence-corrected chi connectivity index (χ4v) is 6.68. The number of alkyl halides is 2. The maximum Gasteiger partial charge on any atom is 0.282 e. The summed E-state index contributed by atoms with van der Waals surface area (Å²) in [6, 6.07) is 8.89. The van der Waals surface area contributed by atoms with E-state index in [9.17, 15) is 13.6 Å². The molecule has 0 saturated heterocycles. The maximum atomic E-state index is 13.2. The van der Waals surface area contributed by atoms with Gasteiger partial charge in [0.15, 0.2) is 0 Å². The van der Waals surface area contributed by atoms with E-state index in [1.807, 2.05) is 32.9 Å². The fourth-order valence-electron chi connectivity index (χ4n) is 5.11. The minimum absolute atomic E-state index is 0.00572. The topological polar surface area (TPSA) is 70.2 Å². The van der Waals surface area contributed by atoms with Gasteiger partial charge in [-0.25, -0.2) is 8.78 Å². The maximum absolute atomic E-state index is 13.2. The van der Waals surface area contributed by atoms with Gasteiger partial charge in [-0.3, -0.25) is 9.48 Å². The van der Waals surface area contributed by atoms with Crippen molar-refractivity contribution in [2.75, 3.05) is 12.4 Å². The standard InChI is InChI=1S/C19H19Cl2F2N3O.C10H11Cl3NO/c1-4-10-14(17(20)21)9(2)11-6-5-7-13(15(10)11)24-19(27)12-8-26(3)25-16(12)18(22)23;1-6(14-15-2)3-8-9(12)4-7(11)5-10(8)13/h5-10,18H,4H2,1-3H3,(H,24,27);4-6H,3H2,1-2H3/q;-1. The molecule has 0 saturated carbocycles. The van der Waals surface area contributed by atoms with Crippen LogP contribution in [0.5, 0.6) is 0 Å². The van der Waals surface area contributed by atoms with Crippen molar-refractivity contribution in [3.8, 4) is 0 Å². The van der Waals surface area contributed by atoms with E-state index in [0.29, 0.717) is 27.2 Å². The van der Waals surface area contributed by atoms with Crippen molar-refractivity contribution in [2.45, 2.75) is 57.9 Å². The first-order valence-electron chi connectivity index (χ1n) is 13.0. The van der Waals surface area contributed by atoms with Gasteiger partial charge in [0, 0.05) is 52.9 Å². The molecule has 0 bridgehead atoms. The molecule has 3 atom stereocenters. The fraction of sp³-hybridized carbons (Fsp3) is 0.379. The molecule has 42 heavy (non-hydrogen) atoms. The zero-order valence-electron chi connectivity index (χ0n) is 23.5. The number of hydrogen-bond acceptors (Lipinski definition) is 3. The lowest BCUT2D eigenvalue weighted by Crippen LogP contribution is -2.15. The van der Waals surface area contributed by atoms with E-state index in [1.54, 1.807) is 18.2 Å². The Morgan fingerprint density at radius 2 is 1.83 bits per heavy atom. The van der Waals surface area contributed by atoms with Crippen molar-refractivity contribution < 1.29 is 18.4 Å². The van der Waals surface area contributed by atoms with Crippen LogP contribution >= 0.6 is 58.0 Å². The van der Waals surface area contributed by atoms with Crippen molar-refractivity contribution in [3.63, 3.8) is 0 Å². The molecule has 1 aromatic heterocycles. The molecule has 13 heteroatoms. The van der Waals surface area contributed by atoms with E-state index in [4.69, 9.17) is 62.8 Å². The van der Waals surface area contributed by atoms with Crippen molar-refractivity contribution in [1.29, 1.82) is 0 Å². The van der Waals surface area contributed by atoms with Gasteiger partial charge in [-0.1, -0.05) is 90.9 Å². The number of hydrogen-bond donors (Lipinski definition) is 1. The predicted octanol–water partition coefficient (Wildman–Crippen LogP) is 10.4. The molecule has 0 aliphatic heterocycles. The van der Waals surface area contributed by atoms with E-state index in [0.717, 1.165) is 28.7 Å². The first-order valence-corrected chi connectivity index (χ1v) is 14.9. The Labute approximate surface area is 269 Å². The summed E-state index contributed by atoms with van der Waals surface area (Å²) >= 11 is 30.1. The number of aromatic nitrogens is 2. The summed E-state index contributed by atoms with van der Waals surface area (Å²) in [5.41, 5.74) is 7.47. The number of allylic oxidation sites excluding steroid dienone is 1. The van der Waals surface area contributed by atoms with Gasteiger partial charge in [0.05, 0.1) is 5.56 Å². The predicted molar refractivity (Wildman–Crippen MR) is 168 cm³/mol. The SMILES string of the molecule is CCC1C(=C(Cl)Cl)C(C)c2cccc(NC(=O)c3cn(C)nc3C(F)F)c21.CO[N-]C(C)Cc1c(Cl)cc(Cl)cc1Cl. The van der Waals surface area contributed by atoms with Crippen LogP contribution in [-0.4, -0.2) is 28.8 Å². The molecule has 1 amide bonds. The molecule has 0 spiro atoms. The third kappa shape index (κ3) is 7.97. The first-order chi connectivity index (χ1) is 19.8. The Kier molecular flexibility index (Phi) is 12.5. The third-order valence-corrected chi connectivity index (χ3v) is 8.20. The van der Waals surface area contributed by atoms with Crippen LogP contribution < -0.4 is 5.32 Å². The molecule has 2 aromatic carbocycles. The Hall–Kier alpha value is -1.91. The van der Waals surface area contributed by atoms with Gasteiger partial charge >= 0.3 is 0 Å². The minimum atomic E-state index is -2.83. The highest BCUT2D eigenvalue weighted by atomic mass is 35.5. The van der Waals surface area contributed by atoms with Crippen LogP contribution in [0, 0.1) is 0 Å². The molecule has 1 heterocycles. The number of halogens is 7. The van der Waals surface area contributed by atoms with E-state index in [-0.39, 0.29) is 27.9 Å². The molecule has 6 nitrogen and oxygen atoms in total. The second-order valence-corrected chi connectivity index (χ2v) is 12.0. The molecule has 3 unspecified atom stereocenters. The summed E-state index contributed by atoms with van der Waals surface area (Å²) in [5, 5.41) is 8.12. The number of anilines is 1. The smallest absolute Gasteiger partial charge is 0.282 e. The second-order valence-electron chi connectivity index (χ2n) is 9.75. The molecule has 1 N–H and O–H groups in total. The van der Waals surface area contributed by atoms with Crippen LogP contribution in [-0.2, 0) is 18.3 Å². The lowest BCUT2D eigenvalue weighted by atomic mass is 9.93. The number of fused-ring (bicyclic) bond motifs is 1. The zero-order chi connectivity index (χ0) is 31.3. The third-order valence-electron chi connectivity index (χ3n) is 6.87. The van der Waals surface area contributed by atoms with Crippen LogP contribution in [0.1, 0.15) is 78.2 Å². The van der Waals surface area contributed by atoms with Crippen LogP contribution in [0.15, 0.2) is 46.6 Å². The summed E-state index contributed by atoms with van der Waals surface area (Å²) < 4.78 is 27.8. The monoisotopic (exact) mass is 679 g/mol. The molecule has 0 fully saturated rings. The summed E-state index contributed by atoms with van der Waals surface area (Å²) in [4.78, 5) is 17.4. The Morgan fingerprint density at radius 3 is 2.38 bits per heavy atom. The lowest BCUT2D eigenvalue weighted by Gasteiger charge is -2.27. The van der Waals surface area contributed by atoms with Crippen LogP contribution in [0.25, 0.3) is 5.48 Å². The number of rotatable bonds is 8. The van der Waals surface area contributed by atoms with Gasteiger partial charge < -0.3 is 15.6 Å². The van der Waals surface area contributed by atoms with E-state index < -0.39 is 18.0 Å². The Balaban J connectivity index is 0.000000274. The molecule has 228 valence electrons. The average Bonchev–Trinajstić information content (AvgIpc) is 3.45. The van der Waals surface area contributed by atoms with Crippen LogP contribution in [0.4, 0.5) is 14.5 Å². The zero-order valence-corrected chi connectivity index (χ0v) is 27.3. The van der Waals surface area contributed by atoms with Crippen molar-refractivity contribution in [3.05, 3.63) is 95.1 Å². The van der Waals surface area contributed by atoms with E-state index in [2.05, 4.69) is 15.9 Å². The average molecular weight is 682 g/mol. The molecule has 4 rings (SSSR count). The summed E-state index contributed by atoms with van der Waals surface area (Å²) in [6.45, 7) is 5.94. The number of aryl methyl sites for hydroxylation is 1. The molecule has 1 aliphatic rings. The van der Waals surface area contributed by atoms with Gasteiger partial charge in [0.1, 0.15) is 10.2 Å². The van der Waals surface area contributed by atoms with Crippen molar-refractivity contribution in [1.82, 2.24) is 9.78 Å². The number of carbonyl (C=O) groups excluding carboxylic acids is 1. The number of amides is 1. The van der Waals surface area contributed by atoms with Crippen LogP contribution in [0.3, 0.4) is 0 Å². The van der Waals surface area contributed by atoms with E-state index >= 15 is 0 Å². The van der Waals surface area contributed by atoms with Gasteiger partial charge in [0.2, 0.25) is 0 Å². The molecule has 0 radical (unpaired) electrons. The highest BCUT2D eigenvalue weighted by molar-refractivity contribution is 6.56. The molecular formula is C29H30Cl5F2N4O2-. The van der Waals surface area contributed by atoms with Gasteiger partial charge in [-0.15, -0.1) is 6.04 Å². The number of benzene rings is 2.